The lowest BCUT2D eigenvalue weighted by molar-refractivity contribution is 1.05. The number of nitrogens with zero attached hydrogens (tertiary/aromatic N) is 2. The summed E-state index contributed by atoms with van der Waals surface area (Å²) in [5.74, 6) is 0.936. The second-order valence-corrected chi connectivity index (χ2v) is 8.92. The van der Waals surface area contributed by atoms with Gasteiger partial charge in [0.1, 0.15) is 5.82 Å². The van der Waals surface area contributed by atoms with Gasteiger partial charge in [0, 0.05) is 17.1 Å². The molecule has 2 aromatic heterocycles. The molecule has 2 nitrogen and oxygen atoms in total. The molecule has 0 radical (unpaired) electrons. The zero-order valence-corrected chi connectivity index (χ0v) is 18.6. The molecule has 0 atom stereocenters. The molecule has 1 aliphatic carbocycles. The Balaban J connectivity index is 1.42. The Morgan fingerprint density at radius 3 is 2.12 bits per heavy atom. The summed E-state index contributed by atoms with van der Waals surface area (Å²) in [4.78, 5) is 5.12. The largest absolute Gasteiger partial charge is 0.301 e. The highest BCUT2D eigenvalue weighted by Gasteiger charge is 2.20. The zero-order valence-electron chi connectivity index (χ0n) is 18.6. The molecule has 0 amide bonds. The first-order valence-electron chi connectivity index (χ1n) is 11.7. The van der Waals surface area contributed by atoms with Crippen LogP contribution in [0.3, 0.4) is 0 Å². The molecule has 34 heavy (non-hydrogen) atoms. The number of fused-ring (bicyclic) bond motifs is 4. The molecule has 0 bridgehead atoms. The van der Waals surface area contributed by atoms with Gasteiger partial charge in [0.05, 0.1) is 11.2 Å². The monoisotopic (exact) mass is 434 g/mol. The predicted octanol–water partition coefficient (Wildman–Crippen LogP) is 7.93. The van der Waals surface area contributed by atoms with Crippen molar-refractivity contribution >= 4 is 10.9 Å². The highest BCUT2D eigenvalue weighted by molar-refractivity contribution is 5.91. The van der Waals surface area contributed by atoms with Crippen LogP contribution in [0.1, 0.15) is 11.1 Å². The van der Waals surface area contributed by atoms with Gasteiger partial charge >= 0.3 is 0 Å². The van der Waals surface area contributed by atoms with E-state index < -0.39 is 0 Å². The quantitative estimate of drug-likeness (QED) is 0.276. The van der Waals surface area contributed by atoms with Crippen molar-refractivity contribution < 1.29 is 0 Å². The lowest BCUT2D eigenvalue weighted by Gasteiger charge is -2.12. The molecule has 0 unspecified atom stereocenters. The van der Waals surface area contributed by atoms with Crippen LogP contribution in [0.25, 0.3) is 50.2 Å². The molecule has 0 saturated heterocycles. The van der Waals surface area contributed by atoms with Crippen molar-refractivity contribution in [2.24, 2.45) is 0 Å². The van der Waals surface area contributed by atoms with Crippen LogP contribution >= 0.6 is 0 Å². The van der Waals surface area contributed by atoms with E-state index >= 15 is 0 Å². The maximum atomic E-state index is 5.12. The Labute approximate surface area is 198 Å². The van der Waals surface area contributed by atoms with Crippen LogP contribution < -0.4 is 0 Å². The first kappa shape index (κ1) is 19.1. The highest BCUT2D eigenvalue weighted by atomic mass is 15.1. The van der Waals surface area contributed by atoms with Crippen LogP contribution in [0.4, 0.5) is 0 Å². The first-order valence-corrected chi connectivity index (χ1v) is 11.7. The number of hydrogen-bond acceptors (Lipinski definition) is 1. The summed E-state index contributed by atoms with van der Waals surface area (Å²) in [7, 11) is 0. The summed E-state index contributed by atoms with van der Waals surface area (Å²) in [6.07, 6.45) is 3.14. The van der Waals surface area contributed by atoms with E-state index in [2.05, 4.69) is 120 Å². The molecule has 2 heterocycles. The standard InChI is InChI=1S/C32H22N2/c1-3-9-22(10-4-1)26-19-30(23-11-5-2-6-12-23)33-32(21-26)34-16-15-25-18-29-27(20-31(25)34)17-24-13-7-8-14-28(24)29/h1-16,18-21H,17H2. The fraction of sp³-hybridized carbons (Fsp3) is 0.0312. The number of aromatic nitrogens is 2. The molecule has 1 aliphatic rings. The van der Waals surface area contributed by atoms with Crippen LogP contribution in [-0.2, 0) is 6.42 Å². The van der Waals surface area contributed by atoms with Crippen LogP contribution in [0.2, 0.25) is 0 Å². The third-order valence-corrected chi connectivity index (χ3v) is 6.84. The molecule has 0 aliphatic heterocycles. The fourth-order valence-corrected chi connectivity index (χ4v) is 5.16. The third-order valence-electron chi connectivity index (χ3n) is 6.84. The summed E-state index contributed by atoms with van der Waals surface area (Å²) in [6.45, 7) is 0. The Morgan fingerprint density at radius 1 is 0.559 bits per heavy atom. The third kappa shape index (κ3) is 3.07. The minimum absolute atomic E-state index is 0.936. The molecule has 160 valence electrons. The van der Waals surface area contributed by atoms with Gasteiger partial charge in [-0.2, -0.15) is 0 Å². The Morgan fingerprint density at radius 2 is 1.29 bits per heavy atom. The molecular formula is C32H22N2. The van der Waals surface area contributed by atoms with Crippen molar-refractivity contribution in [2.45, 2.75) is 6.42 Å². The lowest BCUT2D eigenvalue weighted by Crippen LogP contribution is -1.99. The van der Waals surface area contributed by atoms with Gasteiger partial charge in [0.15, 0.2) is 0 Å². The normalized spacial score (nSPS) is 12.0. The SMILES string of the molecule is c1ccc(-c2cc(-c3ccccc3)nc(-n3ccc4cc5c(cc43)Cc3ccccc3-5)c2)cc1. The van der Waals surface area contributed by atoms with Gasteiger partial charge in [-0.3, -0.25) is 0 Å². The predicted molar refractivity (Wildman–Crippen MR) is 140 cm³/mol. The second-order valence-electron chi connectivity index (χ2n) is 8.92. The molecular weight excluding hydrogens is 412 g/mol. The van der Waals surface area contributed by atoms with Crippen molar-refractivity contribution in [2.75, 3.05) is 0 Å². The molecule has 0 fully saturated rings. The minimum Gasteiger partial charge on any atom is -0.301 e. The van der Waals surface area contributed by atoms with Gasteiger partial charge in [0.2, 0.25) is 0 Å². The average Bonchev–Trinajstić information content (AvgIpc) is 3.49. The van der Waals surface area contributed by atoms with E-state index in [1.54, 1.807) is 0 Å². The second kappa shape index (κ2) is 7.57. The number of pyridine rings is 1. The topological polar surface area (TPSA) is 17.8 Å². The summed E-state index contributed by atoms with van der Waals surface area (Å²) < 4.78 is 2.23. The van der Waals surface area contributed by atoms with Crippen LogP contribution in [-0.4, -0.2) is 9.55 Å². The van der Waals surface area contributed by atoms with Crippen molar-refractivity contribution in [3.63, 3.8) is 0 Å². The van der Waals surface area contributed by atoms with Gasteiger partial charge in [-0.05, 0) is 70.1 Å². The lowest BCUT2D eigenvalue weighted by atomic mass is 10.0. The van der Waals surface area contributed by atoms with E-state index in [4.69, 9.17) is 4.98 Å². The fourth-order valence-electron chi connectivity index (χ4n) is 5.16. The molecule has 0 saturated carbocycles. The smallest absolute Gasteiger partial charge is 0.138 e. The number of benzene rings is 4. The average molecular weight is 435 g/mol. The molecule has 0 N–H and O–H groups in total. The minimum atomic E-state index is 0.936. The van der Waals surface area contributed by atoms with Crippen molar-refractivity contribution in [3.8, 4) is 39.3 Å². The summed E-state index contributed by atoms with van der Waals surface area (Å²) >= 11 is 0. The molecule has 4 aromatic carbocycles. The van der Waals surface area contributed by atoms with Gasteiger partial charge in [-0.25, -0.2) is 4.98 Å². The Kier molecular flexibility index (Phi) is 4.25. The first-order chi connectivity index (χ1) is 16.8. The maximum Gasteiger partial charge on any atom is 0.138 e. The maximum absolute atomic E-state index is 5.12. The van der Waals surface area contributed by atoms with Gasteiger partial charge < -0.3 is 4.57 Å². The van der Waals surface area contributed by atoms with E-state index in [1.807, 2.05) is 6.07 Å². The van der Waals surface area contributed by atoms with E-state index in [0.717, 1.165) is 23.5 Å². The van der Waals surface area contributed by atoms with E-state index in [0.29, 0.717) is 0 Å². The molecule has 0 spiro atoms. The van der Waals surface area contributed by atoms with Gasteiger partial charge in [-0.1, -0.05) is 84.9 Å². The van der Waals surface area contributed by atoms with Gasteiger partial charge in [-0.15, -0.1) is 0 Å². The van der Waals surface area contributed by atoms with E-state index in [-0.39, 0.29) is 0 Å². The summed E-state index contributed by atoms with van der Waals surface area (Å²) in [5, 5.41) is 1.24. The number of rotatable bonds is 3. The Hall–Kier alpha value is -4.43. The summed E-state index contributed by atoms with van der Waals surface area (Å²) in [6, 6.07) is 41.0. The Bertz CT molecular complexity index is 1600. The van der Waals surface area contributed by atoms with E-state index in [9.17, 15) is 0 Å². The summed E-state index contributed by atoms with van der Waals surface area (Å²) in [5.41, 5.74) is 11.2. The van der Waals surface area contributed by atoms with Gasteiger partial charge in [0.25, 0.3) is 0 Å². The van der Waals surface area contributed by atoms with Crippen molar-refractivity contribution in [1.29, 1.82) is 0 Å². The van der Waals surface area contributed by atoms with Crippen molar-refractivity contribution in [1.82, 2.24) is 9.55 Å². The number of hydrogen-bond donors (Lipinski definition) is 0. The zero-order chi connectivity index (χ0) is 22.5. The van der Waals surface area contributed by atoms with Crippen LogP contribution in [0.5, 0.6) is 0 Å². The molecule has 2 heteroatoms. The van der Waals surface area contributed by atoms with Crippen molar-refractivity contribution in [3.05, 3.63) is 133 Å². The highest BCUT2D eigenvalue weighted by Crippen LogP contribution is 2.39. The molecule has 7 rings (SSSR count). The van der Waals surface area contributed by atoms with E-state index in [1.165, 1.54) is 44.3 Å². The van der Waals surface area contributed by atoms with Crippen LogP contribution in [0, 0.1) is 0 Å². The molecule has 6 aromatic rings. The van der Waals surface area contributed by atoms with Crippen LogP contribution in [0.15, 0.2) is 121 Å².